The minimum atomic E-state index is -0.341. The van der Waals surface area contributed by atoms with Crippen molar-refractivity contribution in [3.05, 3.63) is 101 Å². The van der Waals surface area contributed by atoms with Gasteiger partial charge in [0.1, 0.15) is 23.0 Å². The van der Waals surface area contributed by atoms with Crippen LogP contribution in [0.4, 0.5) is 10.2 Å². The molecular formula is C24H15ClFN3O. The number of hydrogen-bond donors (Lipinski definition) is 1. The van der Waals surface area contributed by atoms with Crippen LogP contribution in [0.15, 0.2) is 85.1 Å². The molecule has 0 atom stereocenters. The van der Waals surface area contributed by atoms with E-state index in [9.17, 15) is 9.18 Å². The maximum atomic E-state index is 13.4. The minimum absolute atomic E-state index is 0.267. The molecule has 5 aromatic rings. The van der Waals surface area contributed by atoms with Gasteiger partial charge in [-0.2, -0.15) is 0 Å². The highest BCUT2D eigenvalue weighted by molar-refractivity contribution is 6.30. The highest BCUT2D eigenvalue weighted by Crippen LogP contribution is 2.31. The molecule has 0 aliphatic rings. The van der Waals surface area contributed by atoms with Crippen LogP contribution in [0.5, 0.6) is 0 Å². The van der Waals surface area contributed by atoms with Crippen molar-refractivity contribution in [3.8, 4) is 11.3 Å². The first-order valence-corrected chi connectivity index (χ1v) is 9.70. The molecule has 4 nitrogen and oxygen atoms in total. The molecular weight excluding hydrogens is 401 g/mol. The van der Waals surface area contributed by atoms with E-state index < -0.39 is 0 Å². The van der Waals surface area contributed by atoms with Crippen molar-refractivity contribution in [2.75, 3.05) is 5.32 Å². The summed E-state index contributed by atoms with van der Waals surface area (Å²) in [5.74, 6) is -0.138. The number of halogens is 2. The Bertz CT molecular complexity index is 1400. The van der Waals surface area contributed by atoms with E-state index in [1.807, 2.05) is 36.4 Å². The highest BCUT2D eigenvalue weighted by Gasteiger charge is 2.19. The second-order valence-corrected chi connectivity index (χ2v) is 7.31. The van der Waals surface area contributed by atoms with E-state index in [0.29, 0.717) is 33.3 Å². The first-order valence-electron chi connectivity index (χ1n) is 9.33. The van der Waals surface area contributed by atoms with Crippen LogP contribution >= 0.6 is 11.6 Å². The van der Waals surface area contributed by atoms with Gasteiger partial charge in [0, 0.05) is 17.3 Å². The standard InChI is InChI=1S/C24H15ClFN3O/c25-17-10-13-21-27-22(16-8-11-18(26)12-9-16)23(29(21)14-17)28-24(30)20-7-3-5-15-4-1-2-6-19(15)20/h1-14H,(H,28,30). The summed E-state index contributed by atoms with van der Waals surface area (Å²) >= 11 is 6.19. The van der Waals surface area contributed by atoms with E-state index in [1.165, 1.54) is 12.1 Å². The fourth-order valence-electron chi connectivity index (χ4n) is 3.55. The van der Waals surface area contributed by atoms with E-state index in [0.717, 1.165) is 10.8 Å². The van der Waals surface area contributed by atoms with E-state index in [2.05, 4.69) is 10.3 Å². The average molecular weight is 416 g/mol. The number of rotatable bonds is 3. The molecule has 3 aromatic carbocycles. The Kier molecular flexibility index (Phi) is 4.45. The zero-order valence-electron chi connectivity index (χ0n) is 15.6. The zero-order valence-corrected chi connectivity index (χ0v) is 16.4. The van der Waals surface area contributed by atoms with Gasteiger partial charge in [0.05, 0.1) is 5.02 Å². The van der Waals surface area contributed by atoms with Gasteiger partial charge in [-0.05, 0) is 53.2 Å². The van der Waals surface area contributed by atoms with Crippen LogP contribution in [0.1, 0.15) is 10.4 Å². The third kappa shape index (κ3) is 3.19. The Hall–Kier alpha value is -3.70. The number of aromatic nitrogens is 2. The topological polar surface area (TPSA) is 46.4 Å². The Morgan fingerprint density at radius 3 is 2.53 bits per heavy atom. The SMILES string of the molecule is O=C(Nc1c(-c2ccc(F)cc2)nc2ccc(Cl)cn12)c1cccc2ccccc12. The summed E-state index contributed by atoms with van der Waals surface area (Å²) in [6, 6.07) is 22.8. The van der Waals surface area contributed by atoms with Crippen molar-refractivity contribution in [1.29, 1.82) is 0 Å². The van der Waals surface area contributed by atoms with Gasteiger partial charge in [0.25, 0.3) is 5.91 Å². The van der Waals surface area contributed by atoms with Crippen LogP contribution in [0.2, 0.25) is 5.02 Å². The molecule has 0 saturated carbocycles. The molecule has 0 fully saturated rings. The van der Waals surface area contributed by atoms with Crippen molar-refractivity contribution in [2.45, 2.75) is 0 Å². The van der Waals surface area contributed by atoms with Crippen LogP contribution in [-0.2, 0) is 0 Å². The second kappa shape index (κ2) is 7.28. The van der Waals surface area contributed by atoms with Crippen LogP contribution in [0, 0.1) is 5.82 Å². The lowest BCUT2D eigenvalue weighted by Gasteiger charge is -2.10. The van der Waals surface area contributed by atoms with Gasteiger partial charge in [0.2, 0.25) is 0 Å². The lowest BCUT2D eigenvalue weighted by atomic mass is 10.0. The lowest BCUT2D eigenvalue weighted by Crippen LogP contribution is -2.14. The Balaban J connectivity index is 1.65. The predicted octanol–water partition coefficient (Wildman–Crippen LogP) is 6.20. The number of carbonyl (C=O) groups is 1. The predicted molar refractivity (Wildman–Crippen MR) is 117 cm³/mol. The van der Waals surface area contributed by atoms with Gasteiger partial charge in [-0.1, -0.05) is 48.0 Å². The quantitative estimate of drug-likeness (QED) is 0.381. The monoisotopic (exact) mass is 415 g/mol. The number of anilines is 1. The molecule has 0 unspecified atom stereocenters. The number of carbonyl (C=O) groups excluding carboxylic acids is 1. The Morgan fingerprint density at radius 2 is 1.70 bits per heavy atom. The normalized spacial score (nSPS) is 11.1. The molecule has 146 valence electrons. The van der Waals surface area contributed by atoms with Gasteiger partial charge in [-0.3, -0.25) is 9.20 Å². The van der Waals surface area contributed by atoms with Crippen LogP contribution in [0.25, 0.3) is 27.7 Å². The lowest BCUT2D eigenvalue weighted by molar-refractivity contribution is 0.102. The third-order valence-electron chi connectivity index (χ3n) is 4.97. The van der Waals surface area contributed by atoms with E-state index in [1.54, 1.807) is 40.9 Å². The number of benzene rings is 3. The van der Waals surface area contributed by atoms with Crippen molar-refractivity contribution < 1.29 is 9.18 Å². The summed E-state index contributed by atoms with van der Waals surface area (Å²) in [5.41, 5.74) is 2.39. The summed E-state index contributed by atoms with van der Waals surface area (Å²) in [6.07, 6.45) is 1.69. The molecule has 0 aliphatic heterocycles. The van der Waals surface area contributed by atoms with Gasteiger partial charge >= 0.3 is 0 Å². The molecule has 2 heterocycles. The summed E-state index contributed by atoms with van der Waals surface area (Å²) in [4.78, 5) is 17.9. The molecule has 0 aliphatic carbocycles. The number of hydrogen-bond acceptors (Lipinski definition) is 2. The third-order valence-corrected chi connectivity index (χ3v) is 5.19. The molecule has 1 amide bonds. The average Bonchev–Trinajstić information content (AvgIpc) is 3.11. The Labute approximate surface area is 176 Å². The summed E-state index contributed by atoms with van der Waals surface area (Å²) in [7, 11) is 0. The first kappa shape index (κ1) is 18.3. The zero-order chi connectivity index (χ0) is 20.7. The number of fused-ring (bicyclic) bond motifs is 2. The summed E-state index contributed by atoms with van der Waals surface area (Å²) < 4.78 is 15.2. The van der Waals surface area contributed by atoms with Crippen LogP contribution in [0.3, 0.4) is 0 Å². The fourth-order valence-corrected chi connectivity index (χ4v) is 3.71. The summed E-state index contributed by atoms with van der Waals surface area (Å²) in [5, 5.41) is 5.33. The van der Waals surface area contributed by atoms with Gasteiger partial charge in [-0.15, -0.1) is 0 Å². The number of amides is 1. The molecule has 0 bridgehead atoms. The van der Waals surface area contributed by atoms with Crippen LogP contribution < -0.4 is 5.32 Å². The maximum absolute atomic E-state index is 13.4. The molecule has 0 radical (unpaired) electrons. The van der Waals surface area contributed by atoms with Crippen molar-refractivity contribution in [3.63, 3.8) is 0 Å². The largest absolute Gasteiger partial charge is 0.306 e. The van der Waals surface area contributed by atoms with Crippen LogP contribution in [-0.4, -0.2) is 15.3 Å². The van der Waals surface area contributed by atoms with Crippen molar-refractivity contribution >= 4 is 39.7 Å². The van der Waals surface area contributed by atoms with Gasteiger partial charge in [-0.25, -0.2) is 9.37 Å². The smallest absolute Gasteiger partial charge is 0.257 e. The molecule has 2 aromatic heterocycles. The van der Waals surface area contributed by atoms with E-state index in [-0.39, 0.29) is 11.7 Å². The minimum Gasteiger partial charge on any atom is -0.306 e. The molecule has 5 rings (SSSR count). The van der Waals surface area contributed by atoms with Gasteiger partial charge in [0.15, 0.2) is 0 Å². The van der Waals surface area contributed by atoms with Gasteiger partial charge < -0.3 is 5.32 Å². The molecule has 6 heteroatoms. The highest BCUT2D eigenvalue weighted by atomic mass is 35.5. The first-order chi connectivity index (χ1) is 14.6. The van der Waals surface area contributed by atoms with Crippen molar-refractivity contribution in [1.82, 2.24) is 9.38 Å². The summed E-state index contributed by atoms with van der Waals surface area (Å²) in [6.45, 7) is 0. The van der Waals surface area contributed by atoms with E-state index >= 15 is 0 Å². The van der Waals surface area contributed by atoms with Crippen molar-refractivity contribution in [2.24, 2.45) is 0 Å². The molecule has 1 N–H and O–H groups in total. The molecule has 30 heavy (non-hydrogen) atoms. The molecule has 0 saturated heterocycles. The second-order valence-electron chi connectivity index (χ2n) is 6.87. The maximum Gasteiger partial charge on any atom is 0.257 e. The molecule has 0 spiro atoms. The number of nitrogens with one attached hydrogen (secondary N) is 1. The van der Waals surface area contributed by atoms with E-state index in [4.69, 9.17) is 11.6 Å². The number of pyridine rings is 1. The fraction of sp³-hybridized carbons (Fsp3) is 0. The number of nitrogens with zero attached hydrogens (tertiary/aromatic N) is 2. The Morgan fingerprint density at radius 1 is 0.933 bits per heavy atom. The number of imidazole rings is 1.